The molecule has 1 aromatic carbocycles. The van der Waals surface area contributed by atoms with Gasteiger partial charge in [0.15, 0.2) is 17.2 Å². The Balaban J connectivity index is 0.629. The minimum absolute atomic E-state index is 0.0190. The number of carbonyl (C=O) groups is 4. The molecule has 5 fully saturated rings. The Morgan fingerprint density at radius 1 is 0.814 bits per heavy atom. The SMILES string of the molecule is CC(C)n1nc(-c2noc(C3CC3)c2-c2ncc(C3CCN(C(=O)CCC(=O)N4CCC(CN5CCN(c6c(F)ccc7c6CCN7C6CCC(=O)NC6=O)CC5)CC4)CC3)cn2)c2c(N)ncnc21. The van der Waals surface area contributed by atoms with E-state index in [2.05, 4.69) is 30.2 Å². The lowest BCUT2D eigenvalue weighted by Gasteiger charge is -2.40. The zero-order valence-electron chi connectivity index (χ0n) is 40.0. The second kappa shape index (κ2) is 19.0. The standard InChI is InChI=1S/C50H61FN14O5/c1-29(2)65-49-42(47(52)55-28-56-49)43(58-65)44-41(46(70-59-44)32-3-4-32)48-53-25-33(26-54-48)31-13-18-62(19-14-31)40(68)10-9-39(67)61-16-11-30(12-17-61)27-60-21-23-63(24-22-60)45-34-15-20-64(36(34)6-5-35(45)51)37-7-8-38(66)57-50(37)69/h5-6,25-26,28-32,37H,3-4,7-24,27H2,1-2H3,(H2,52,55,56)(H,57,66,69). The quantitative estimate of drug-likeness (QED) is 0.160. The number of hydrogen-bond acceptors (Lipinski definition) is 15. The molecule has 1 atom stereocenters. The van der Waals surface area contributed by atoms with Gasteiger partial charge in [-0.15, -0.1) is 0 Å². The fourth-order valence-electron chi connectivity index (χ4n) is 11.5. The molecule has 0 radical (unpaired) electrons. The van der Waals surface area contributed by atoms with Crippen LogP contribution in [0.2, 0.25) is 0 Å². The maximum absolute atomic E-state index is 15.5. The molecule has 70 heavy (non-hydrogen) atoms. The highest BCUT2D eigenvalue weighted by atomic mass is 19.1. The van der Waals surface area contributed by atoms with Gasteiger partial charge in [0.1, 0.15) is 35.4 Å². The average Bonchev–Trinajstić information content (AvgIpc) is 3.77. The van der Waals surface area contributed by atoms with Crippen LogP contribution in [-0.2, 0) is 25.6 Å². The average molecular weight is 957 g/mol. The van der Waals surface area contributed by atoms with Crippen LogP contribution in [0.25, 0.3) is 33.8 Å². The normalized spacial score (nSPS) is 20.8. The van der Waals surface area contributed by atoms with Gasteiger partial charge >= 0.3 is 0 Å². The summed E-state index contributed by atoms with van der Waals surface area (Å²) in [6, 6.07) is 2.90. The van der Waals surface area contributed by atoms with Gasteiger partial charge in [-0.05, 0) is 94.7 Å². The van der Waals surface area contributed by atoms with Crippen molar-refractivity contribution < 1.29 is 28.1 Å². The van der Waals surface area contributed by atoms with Crippen molar-refractivity contribution in [1.29, 1.82) is 0 Å². The molecule has 1 saturated carbocycles. The second-order valence-corrected chi connectivity index (χ2v) is 20.3. The van der Waals surface area contributed by atoms with E-state index in [0.717, 1.165) is 80.7 Å². The molecule has 4 amide bonds. The zero-order chi connectivity index (χ0) is 48.2. The summed E-state index contributed by atoms with van der Waals surface area (Å²) < 4.78 is 23.2. The zero-order valence-corrected chi connectivity index (χ0v) is 40.0. The first-order valence-electron chi connectivity index (χ1n) is 25.2. The molecule has 19 nitrogen and oxygen atoms in total. The van der Waals surface area contributed by atoms with Gasteiger partial charge in [-0.2, -0.15) is 5.10 Å². The van der Waals surface area contributed by atoms with Crippen molar-refractivity contribution in [2.45, 2.75) is 108 Å². The van der Waals surface area contributed by atoms with Gasteiger partial charge in [0.05, 0.1) is 16.6 Å². The van der Waals surface area contributed by atoms with Crippen LogP contribution in [0.1, 0.15) is 113 Å². The fraction of sp³-hybridized carbons (Fsp3) is 0.560. The number of piperidine rings is 3. The molecule has 20 heteroatoms. The molecule has 5 aromatic rings. The van der Waals surface area contributed by atoms with E-state index in [0.29, 0.717) is 116 Å². The Morgan fingerprint density at radius 2 is 1.51 bits per heavy atom. The number of anilines is 3. The molecule has 1 unspecified atom stereocenters. The van der Waals surface area contributed by atoms with Crippen molar-refractivity contribution >= 4 is 51.9 Å². The molecule has 9 heterocycles. The van der Waals surface area contributed by atoms with E-state index in [9.17, 15) is 19.2 Å². The molecule has 4 saturated heterocycles. The highest BCUT2D eigenvalue weighted by molar-refractivity contribution is 6.02. The summed E-state index contributed by atoms with van der Waals surface area (Å²) in [5, 5.41) is 12.5. The number of rotatable bonds is 12. The molecule has 1 aliphatic carbocycles. The lowest BCUT2D eigenvalue weighted by molar-refractivity contribution is -0.138. The highest BCUT2D eigenvalue weighted by Crippen LogP contribution is 2.48. The fourth-order valence-corrected chi connectivity index (χ4v) is 11.5. The summed E-state index contributed by atoms with van der Waals surface area (Å²) >= 11 is 0. The minimum Gasteiger partial charge on any atom is -0.383 e. The number of nitrogens with one attached hydrogen (secondary N) is 1. The van der Waals surface area contributed by atoms with Gasteiger partial charge < -0.3 is 29.9 Å². The number of likely N-dealkylation sites (tertiary alicyclic amines) is 2. The number of aromatic nitrogens is 7. The third kappa shape index (κ3) is 8.83. The number of nitrogens with zero attached hydrogens (tertiary/aromatic N) is 12. The monoisotopic (exact) mass is 956 g/mol. The number of halogens is 1. The smallest absolute Gasteiger partial charge is 0.249 e. The Hall–Kier alpha value is -6.57. The van der Waals surface area contributed by atoms with E-state index < -0.39 is 6.04 Å². The molecule has 368 valence electrons. The maximum atomic E-state index is 15.5. The first-order valence-corrected chi connectivity index (χ1v) is 25.2. The number of benzene rings is 1. The molecular formula is C50H61FN14O5. The first-order chi connectivity index (χ1) is 34.0. The summed E-state index contributed by atoms with van der Waals surface area (Å²) in [5.41, 5.74) is 12.3. The van der Waals surface area contributed by atoms with Gasteiger partial charge in [-0.1, -0.05) is 5.16 Å². The predicted molar refractivity (Wildman–Crippen MR) is 258 cm³/mol. The van der Waals surface area contributed by atoms with Crippen LogP contribution in [0.5, 0.6) is 0 Å². The van der Waals surface area contributed by atoms with E-state index >= 15 is 4.39 Å². The van der Waals surface area contributed by atoms with E-state index in [1.165, 1.54) is 12.4 Å². The van der Waals surface area contributed by atoms with Crippen LogP contribution in [-0.4, -0.2) is 145 Å². The molecule has 0 bridgehead atoms. The first kappa shape index (κ1) is 45.8. The number of fused-ring (bicyclic) bond motifs is 2. The van der Waals surface area contributed by atoms with E-state index in [-0.39, 0.29) is 60.2 Å². The topological polar surface area (TPSA) is 218 Å². The van der Waals surface area contributed by atoms with Crippen molar-refractivity contribution in [3.8, 4) is 22.8 Å². The number of hydrogen-bond donors (Lipinski definition) is 2. The largest absolute Gasteiger partial charge is 0.383 e. The summed E-state index contributed by atoms with van der Waals surface area (Å²) in [6.07, 6.45) is 12.5. The molecular weight excluding hydrogens is 896 g/mol. The number of imide groups is 1. The maximum Gasteiger partial charge on any atom is 0.249 e. The van der Waals surface area contributed by atoms with Gasteiger partial charge in [-0.25, -0.2) is 29.0 Å². The summed E-state index contributed by atoms with van der Waals surface area (Å²) in [6.45, 7) is 11.3. The van der Waals surface area contributed by atoms with Gasteiger partial charge in [0.2, 0.25) is 23.6 Å². The molecule has 6 aliphatic rings. The Labute approximate surface area is 405 Å². The van der Waals surface area contributed by atoms with Crippen LogP contribution >= 0.6 is 0 Å². The van der Waals surface area contributed by atoms with Gasteiger partial charge in [0, 0.05) is 120 Å². The van der Waals surface area contributed by atoms with E-state index in [4.69, 9.17) is 25.3 Å². The van der Waals surface area contributed by atoms with Crippen LogP contribution < -0.4 is 20.9 Å². The van der Waals surface area contributed by atoms with Crippen LogP contribution in [0.3, 0.4) is 0 Å². The Kier molecular flexibility index (Phi) is 12.4. The van der Waals surface area contributed by atoms with Crippen molar-refractivity contribution in [3.05, 3.63) is 53.6 Å². The molecule has 11 rings (SSSR count). The Morgan fingerprint density at radius 3 is 2.19 bits per heavy atom. The molecule has 0 spiro atoms. The van der Waals surface area contributed by atoms with Crippen molar-refractivity contribution in [3.63, 3.8) is 0 Å². The van der Waals surface area contributed by atoms with Crippen molar-refractivity contribution in [2.24, 2.45) is 5.92 Å². The highest BCUT2D eigenvalue weighted by Gasteiger charge is 2.39. The molecule has 3 N–H and O–H groups in total. The summed E-state index contributed by atoms with van der Waals surface area (Å²) in [7, 11) is 0. The van der Waals surface area contributed by atoms with Gasteiger partial charge in [-0.3, -0.25) is 29.4 Å². The second-order valence-electron chi connectivity index (χ2n) is 20.3. The van der Waals surface area contributed by atoms with E-state index in [1.54, 1.807) is 6.07 Å². The number of nitrogens with two attached hydrogens (primary N) is 1. The third-order valence-electron chi connectivity index (χ3n) is 15.5. The minimum atomic E-state index is -0.417. The van der Waals surface area contributed by atoms with Crippen LogP contribution in [0, 0.1) is 11.7 Å². The number of amides is 4. The number of nitrogen functional groups attached to an aromatic ring is 1. The Bertz CT molecular complexity index is 2800. The van der Waals surface area contributed by atoms with Crippen molar-refractivity contribution in [2.75, 3.05) is 81.0 Å². The van der Waals surface area contributed by atoms with E-state index in [1.807, 2.05) is 45.6 Å². The number of carbonyl (C=O) groups excluding carboxylic acids is 4. The van der Waals surface area contributed by atoms with Crippen molar-refractivity contribution in [1.82, 2.24) is 54.9 Å². The summed E-state index contributed by atoms with van der Waals surface area (Å²) in [4.78, 5) is 80.1. The van der Waals surface area contributed by atoms with Gasteiger partial charge in [0.25, 0.3) is 0 Å². The predicted octanol–water partition coefficient (Wildman–Crippen LogP) is 4.83. The van der Waals surface area contributed by atoms with Crippen LogP contribution in [0.15, 0.2) is 35.4 Å². The van der Waals surface area contributed by atoms with Crippen LogP contribution in [0.4, 0.5) is 21.6 Å². The number of piperazine rings is 1. The lowest BCUT2D eigenvalue weighted by atomic mass is 9.91. The summed E-state index contributed by atoms with van der Waals surface area (Å²) in [5.74, 6) is 1.79. The lowest BCUT2D eigenvalue weighted by Crippen LogP contribution is -2.52. The molecule has 4 aromatic heterocycles. The molecule has 5 aliphatic heterocycles. The third-order valence-corrected chi connectivity index (χ3v) is 15.5.